The van der Waals surface area contributed by atoms with Gasteiger partial charge in [0, 0.05) is 18.3 Å². The Kier molecular flexibility index (Phi) is 2.86. The van der Waals surface area contributed by atoms with Crippen LogP contribution in [0.1, 0.15) is 31.2 Å². The van der Waals surface area contributed by atoms with Gasteiger partial charge in [-0.3, -0.25) is 0 Å². The Hall–Kier alpha value is -2.09. The van der Waals surface area contributed by atoms with E-state index in [1.807, 2.05) is 12.4 Å². The van der Waals surface area contributed by atoms with Crippen molar-refractivity contribution in [3.05, 3.63) is 77.9 Å². The average molecular weight is 250 g/mol. The van der Waals surface area contributed by atoms with E-state index in [1.54, 1.807) is 0 Å². The van der Waals surface area contributed by atoms with E-state index in [4.69, 9.17) is 0 Å². The monoisotopic (exact) mass is 250 g/mol. The molecule has 1 N–H and O–H groups in total. The van der Waals surface area contributed by atoms with Crippen molar-refractivity contribution in [3.8, 4) is 0 Å². The zero-order valence-electron chi connectivity index (χ0n) is 11.3. The summed E-state index contributed by atoms with van der Waals surface area (Å²) in [6.07, 6.45) is 10.5. The van der Waals surface area contributed by atoms with E-state index in [0.29, 0.717) is 5.92 Å². The van der Waals surface area contributed by atoms with Gasteiger partial charge in [-0.2, -0.15) is 0 Å². The number of H-pyrrole nitrogens is 1. The van der Waals surface area contributed by atoms with E-state index in [1.165, 1.54) is 11.1 Å². The highest BCUT2D eigenvalue weighted by atomic mass is 14.9. The third kappa shape index (κ3) is 2.03. The van der Waals surface area contributed by atoms with Gasteiger partial charge in [0.25, 0.3) is 0 Å². The zero-order valence-corrected chi connectivity index (χ0v) is 11.3. The second-order valence-electron chi connectivity index (χ2n) is 5.35. The van der Waals surface area contributed by atoms with Crippen molar-refractivity contribution in [2.75, 3.05) is 0 Å². The number of benzene rings is 1. The van der Waals surface area contributed by atoms with Crippen molar-refractivity contribution in [2.24, 2.45) is 0 Å². The highest BCUT2D eigenvalue weighted by Gasteiger charge is 2.37. The van der Waals surface area contributed by atoms with Crippen LogP contribution in [-0.2, 0) is 5.41 Å². The maximum atomic E-state index is 4.48. The third-order valence-corrected chi connectivity index (χ3v) is 3.94. The van der Waals surface area contributed by atoms with Crippen LogP contribution in [0.15, 0.2) is 66.5 Å². The molecule has 2 unspecified atom stereocenters. The van der Waals surface area contributed by atoms with E-state index >= 15 is 0 Å². The van der Waals surface area contributed by atoms with Gasteiger partial charge in [0.05, 0.1) is 5.41 Å². The summed E-state index contributed by atoms with van der Waals surface area (Å²) in [6, 6.07) is 10.6. The van der Waals surface area contributed by atoms with E-state index in [0.717, 1.165) is 5.82 Å². The van der Waals surface area contributed by atoms with Gasteiger partial charge < -0.3 is 4.98 Å². The van der Waals surface area contributed by atoms with Gasteiger partial charge in [-0.25, -0.2) is 4.98 Å². The quantitative estimate of drug-likeness (QED) is 0.858. The van der Waals surface area contributed by atoms with Crippen molar-refractivity contribution in [1.82, 2.24) is 9.97 Å². The van der Waals surface area contributed by atoms with Gasteiger partial charge >= 0.3 is 0 Å². The molecule has 1 aromatic carbocycles. The molecule has 1 aliphatic rings. The molecule has 0 radical (unpaired) electrons. The summed E-state index contributed by atoms with van der Waals surface area (Å²) in [5, 5.41) is 0. The first-order valence-corrected chi connectivity index (χ1v) is 6.62. The number of hydrogen-bond acceptors (Lipinski definition) is 1. The molecule has 0 saturated heterocycles. The van der Waals surface area contributed by atoms with Gasteiger partial charge in [0.1, 0.15) is 5.82 Å². The summed E-state index contributed by atoms with van der Waals surface area (Å²) in [6.45, 7) is 4.39. The van der Waals surface area contributed by atoms with Gasteiger partial charge in [0.15, 0.2) is 0 Å². The number of imidazole rings is 1. The lowest BCUT2D eigenvalue weighted by atomic mass is 9.69. The molecule has 0 bridgehead atoms. The summed E-state index contributed by atoms with van der Waals surface area (Å²) >= 11 is 0. The van der Waals surface area contributed by atoms with E-state index in [9.17, 15) is 0 Å². The molecule has 0 spiro atoms. The Morgan fingerprint density at radius 1 is 1.21 bits per heavy atom. The summed E-state index contributed by atoms with van der Waals surface area (Å²) in [7, 11) is 0. The molecule has 1 aliphatic carbocycles. The summed E-state index contributed by atoms with van der Waals surface area (Å²) < 4.78 is 0. The predicted molar refractivity (Wildman–Crippen MR) is 78.0 cm³/mol. The molecular formula is C17H18N2. The maximum Gasteiger partial charge on any atom is 0.116 e. The van der Waals surface area contributed by atoms with Crippen LogP contribution in [0, 0.1) is 0 Å². The molecule has 96 valence electrons. The van der Waals surface area contributed by atoms with E-state index in [-0.39, 0.29) is 5.41 Å². The van der Waals surface area contributed by atoms with E-state index < -0.39 is 0 Å². The fourth-order valence-electron chi connectivity index (χ4n) is 2.79. The van der Waals surface area contributed by atoms with Crippen LogP contribution in [0.4, 0.5) is 0 Å². The van der Waals surface area contributed by atoms with Crippen molar-refractivity contribution < 1.29 is 0 Å². The molecule has 0 aliphatic heterocycles. The molecule has 1 aromatic heterocycles. The van der Waals surface area contributed by atoms with Crippen LogP contribution >= 0.6 is 0 Å². The number of allylic oxidation sites excluding steroid dienone is 4. The van der Waals surface area contributed by atoms with Gasteiger partial charge in [-0.05, 0) is 19.4 Å². The fraction of sp³-hybridized carbons (Fsp3) is 0.235. The highest BCUT2D eigenvalue weighted by Crippen LogP contribution is 2.42. The first kappa shape index (κ1) is 12.0. The van der Waals surface area contributed by atoms with Crippen molar-refractivity contribution in [2.45, 2.75) is 25.2 Å². The topological polar surface area (TPSA) is 28.7 Å². The summed E-state index contributed by atoms with van der Waals surface area (Å²) in [4.78, 5) is 7.75. The van der Waals surface area contributed by atoms with E-state index in [2.05, 4.69) is 72.4 Å². The highest BCUT2D eigenvalue weighted by molar-refractivity contribution is 5.42. The Morgan fingerprint density at radius 3 is 2.68 bits per heavy atom. The van der Waals surface area contributed by atoms with Crippen molar-refractivity contribution in [3.63, 3.8) is 0 Å². The fourth-order valence-corrected chi connectivity index (χ4v) is 2.79. The number of nitrogens with zero attached hydrogens (tertiary/aromatic N) is 1. The smallest absolute Gasteiger partial charge is 0.116 e. The first-order valence-electron chi connectivity index (χ1n) is 6.62. The molecule has 0 amide bonds. The van der Waals surface area contributed by atoms with Crippen LogP contribution in [0.5, 0.6) is 0 Å². The van der Waals surface area contributed by atoms with Crippen LogP contribution in [0.25, 0.3) is 0 Å². The standard InChI is InChI=1S/C17H18N2/c1-13-8-9-17(2,16-18-10-11-19-16)15(12-13)14-6-4-3-5-7-14/h3-12,15H,1-2H3,(H,18,19). The molecule has 2 heteroatoms. The second-order valence-corrected chi connectivity index (χ2v) is 5.35. The minimum absolute atomic E-state index is 0.121. The molecule has 2 atom stereocenters. The predicted octanol–water partition coefficient (Wildman–Crippen LogP) is 3.97. The lowest BCUT2D eigenvalue weighted by Crippen LogP contribution is -2.30. The first-order chi connectivity index (χ1) is 9.20. The molecule has 2 aromatic rings. The maximum absolute atomic E-state index is 4.48. The number of hydrogen-bond donors (Lipinski definition) is 1. The van der Waals surface area contributed by atoms with Crippen molar-refractivity contribution >= 4 is 0 Å². The molecule has 0 saturated carbocycles. The van der Waals surface area contributed by atoms with Crippen LogP contribution in [-0.4, -0.2) is 9.97 Å². The molecule has 1 heterocycles. The molecule has 0 fully saturated rings. The number of nitrogens with one attached hydrogen (secondary N) is 1. The summed E-state index contributed by atoms with van der Waals surface area (Å²) in [5.74, 6) is 1.33. The molecule has 2 nitrogen and oxygen atoms in total. The van der Waals surface area contributed by atoms with Crippen LogP contribution in [0.2, 0.25) is 0 Å². The zero-order chi connectivity index (χ0) is 13.3. The molecule has 19 heavy (non-hydrogen) atoms. The lowest BCUT2D eigenvalue weighted by Gasteiger charge is -2.35. The Balaban J connectivity index is 2.11. The molecular weight excluding hydrogens is 232 g/mol. The Labute approximate surface area is 113 Å². The number of aromatic nitrogens is 2. The lowest BCUT2D eigenvalue weighted by molar-refractivity contribution is 0.494. The van der Waals surface area contributed by atoms with Crippen molar-refractivity contribution in [1.29, 1.82) is 0 Å². The van der Waals surface area contributed by atoms with Gasteiger partial charge in [0.2, 0.25) is 0 Å². The average Bonchev–Trinajstić information content (AvgIpc) is 2.97. The normalized spacial score (nSPS) is 26.2. The van der Waals surface area contributed by atoms with Crippen LogP contribution in [0.3, 0.4) is 0 Å². The number of rotatable bonds is 2. The van der Waals surface area contributed by atoms with Gasteiger partial charge in [-0.15, -0.1) is 0 Å². The summed E-state index contributed by atoms with van der Waals surface area (Å²) in [5.41, 5.74) is 2.51. The van der Waals surface area contributed by atoms with Crippen LogP contribution < -0.4 is 0 Å². The second kappa shape index (κ2) is 4.54. The van der Waals surface area contributed by atoms with Gasteiger partial charge in [-0.1, -0.05) is 54.1 Å². The SMILES string of the molecule is CC1=CC(c2ccccc2)C(C)(c2ncc[nH]2)C=C1. The Morgan fingerprint density at radius 2 is 2.00 bits per heavy atom. The minimum atomic E-state index is -0.121. The third-order valence-electron chi connectivity index (χ3n) is 3.94. The largest absolute Gasteiger partial charge is 0.348 e. The molecule has 3 rings (SSSR count). The Bertz CT molecular complexity index is 608. The number of aromatic amines is 1. The minimum Gasteiger partial charge on any atom is -0.348 e.